The number of hydrogen-bond donors (Lipinski definition) is 2. The molecule has 2 N–H and O–H groups in total. The molecule has 3 aromatic rings. The Kier molecular flexibility index (Phi) is 4.38. The molecule has 1 aromatic heterocycles. The summed E-state index contributed by atoms with van der Waals surface area (Å²) in [6, 6.07) is 11.2. The van der Waals surface area contributed by atoms with Gasteiger partial charge in [0.1, 0.15) is 10.7 Å². The number of nitrogens with one attached hydrogen (secondary N) is 2. The van der Waals surface area contributed by atoms with Gasteiger partial charge in [0.15, 0.2) is 0 Å². The molecule has 0 atom stereocenters. The summed E-state index contributed by atoms with van der Waals surface area (Å²) < 4.78 is 14.0. The number of thiophene rings is 1. The van der Waals surface area contributed by atoms with Crippen LogP contribution in [0, 0.1) is 11.7 Å². The van der Waals surface area contributed by atoms with Crippen molar-refractivity contribution >= 4 is 56.2 Å². The van der Waals surface area contributed by atoms with E-state index in [1.54, 1.807) is 30.3 Å². The van der Waals surface area contributed by atoms with Crippen LogP contribution in [-0.4, -0.2) is 11.8 Å². The van der Waals surface area contributed by atoms with E-state index in [4.69, 9.17) is 11.6 Å². The van der Waals surface area contributed by atoms with Crippen molar-refractivity contribution in [2.75, 3.05) is 10.6 Å². The summed E-state index contributed by atoms with van der Waals surface area (Å²) >= 11 is 7.42. The van der Waals surface area contributed by atoms with Gasteiger partial charge in [-0.1, -0.05) is 17.7 Å². The molecule has 1 heterocycles. The Morgan fingerprint density at radius 2 is 1.81 bits per heavy atom. The minimum atomic E-state index is -0.374. The highest BCUT2D eigenvalue weighted by Crippen LogP contribution is 2.36. The molecule has 1 saturated carbocycles. The van der Waals surface area contributed by atoms with Gasteiger partial charge in [-0.05, 0) is 49.2 Å². The molecule has 4 rings (SSSR count). The molecular formula is C19H14ClFN2O2S. The third-order valence-electron chi connectivity index (χ3n) is 4.13. The van der Waals surface area contributed by atoms with Crippen molar-refractivity contribution in [1.29, 1.82) is 0 Å². The van der Waals surface area contributed by atoms with Gasteiger partial charge in [-0.15, -0.1) is 11.3 Å². The number of fused-ring (bicyclic) bond motifs is 1. The lowest BCUT2D eigenvalue weighted by molar-refractivity contribution is -0.117. The van der Waals surface area contributed by atoms with Gasteiger partial charge >= 0.3 is 0 Å². The fourth-order valence-electron chi connectivity index (χ4n) is 2.64. The Morgan fingerprint density at radius 3 is 2.54 bits per heavy atom. The van der Waals surface area contributed by atoms with E-state index >= 15 is 0 Å². The summed E-state index contributed by atoms with van der Waals surface area (Å²) in [5, 5.41) is 6.57. The highest BCUT2D eigenvalue weighted by atomic mass is 35.5. The minimum absolute atomic E-state index is 0.00283. The van der Waals surface area contributed by atoms with Crippen LogP contribution in [-0.2, 0) is 4.79 Å². The highest BCUT2D eigenvalue weighted by Gasteiger charge is 2.29. The zero-order chi connectivity index (χ0) is 18.3. The molecule has 26 heavy (non-hydrogen) atoms. The van der Waals surface area contributed by atoms with E-state index in [2.05, 4.69) is 10.6 Å². The standard InChI is InChI=1S/C19H14ClFN2O2S/c20-16-14-7-6-11(21)8-15(14)26-17(16)19(25)23-13-3-1-2-12(9-13)22-18(24)10-4-5-10/h1-3,6-10H,4-5H2,(H,22,24)(H,23,25). The number of amides is 2. The predicted octanol–water partition coefficient (Wildman–Crippen LogP) is 5.29. The van der Waals surface area contributed by atoms with E-state index in [9.17, 15) is 14.0 Å². The van der Waals surface area contributed by atoms with Gasteiger partial charge in [-0.2, -0.15) is 0 Å². The van der Waals surface area contributed by atoms with Crippen LogP contribution in [0.15, 0.2) is 42.5 Å². The number of carbonyl (C=O) groups excluding carboxylic acids is 2. The van der Waals surface area contributed by atoms with E-state index in [1.807, 2.05) is 0 Å². The van der Waals surface area contributed by atoms with E-state index in [0.717, 1.165) is 24.2 Å². The summed E-state index contributed by atoms with van der Waals surface area (Å²) in [4.78, 5) is 24.8. The van der Waals surface area contributed by atoms with Crippen molar-refractivity contribution in [2.24, 2.45) is 5.92 Å². The summed E-state index contributed by atoms with van der Waals surface area (Å²) in [6.45, 7) is 0. The molecule has 4 nitrogen and oxygen atoms in total. The molecule has 0 spiro atoms. The van der Waals surface area contributed by atoms with Crippen LogP contribution < -0.4 is 10.6 Å². The zero-order valence-corrected chi connectivity index (χ0v) is 15.1. The maximum Gasteiger partial charge on any atom is 0.267 e. The second-order valence-electron chi connectivity index (χ2n) is 6.18. The van der Waals surface area contributed by atoms with E-state index in [-0.39, 0.29) is 23.5 Å². The molecule has 7 heteroatoms. The number of halogens is 2. The van der Waals surface area contributed by atoms with Gasteiger partial charge in [-0.25, -0.2) is 4.39 Å². The van der Waals surface area contributed by atoms with Crippen LogP contribution in [0.4, 0.5) is 15.8 Å². The Morgan fingerprint density at radius 1 is 1.08 bits per heavy atom. The largest absolute Gasteiger partial charge is 0.326 e. The first-order valence-corrected chi connectivity index (χ1v) is 9.30. The van der Waals surface area contributed by atoms with E-state index in [1.165, 1.54) is 12.1 Å². The SMILES string of the molecule is O=C(Nc1cccc(NC(=O)C2CC2)c1)c1sc2cc(F)ccc2c1Cl. The quantitative estimate of drug-likeness (QED) is 0.637. The number of rotatable bonds is 4. The van der Waals surface area contributed by atoms with Gasteiger partial charge in [0.25, 0.3) is 5.91 Å². The molecule has 1 aliphatic carbocycles. The maximum absolute atomic E-state index is 13.4. The number of carbonyl (C=O) groups is 2. The maximum atomic E-state index is 13.4. The number of benzene rings is 2. The van der Waals surface area contributed by atoms with Crippen LogP contribution in [0.25, 0.3) is 10.1 Å². The van der Waals surface area contributed by atoms with Crippen molar-refractivity contribution in [1.82, 2.24) is 0 Å². The van der Waals surface area contributed by atoms with Crippen LogP contribution >= 0.6 is 22.9 Å². The molecule has 1 fully saturated rings. The number of anilines is 2. The lowest BCUT2D eigenvalue weighted by atomic mass is 10.2. The molecule has 0 bridgehead atoms. The van der Waals surface area contributed by atoms with Crippen molar-refractivity contribution in [3.05, 3.63) is 58.2 Å². The number of hydrogen-bond acceptors (Lipinski definition) is 3. The third-order valence-corrected chi connectivity index (χ3v) is 5.79. The van der Waals surface area contributed by atoms with Crippen molar-refractivity contribution in [3.63, 3.8) is 0 Å². The molecule has 0 saturated heterocycles. The van der Waals surface area contributed by atoms with Crippen LogP contribution in [0.5, 0.6) is 0 Å². The van der Waals surface area contributed by atoms with Gasteiger partial charge in [0, 0.05) is 27.4 Å². The van der Waals surface area contributed by atoms with Crippen LogP contribution in [0.1, 0.15) is 22.5 Å². The van der Waals surface area contributed by atoms with E-state index in [0.29, 0.717) is 31.4 Å². The molecule has 0 unspecified atom stereocenters. The summed E-state index contributed by atoms with van der Waals surface area (Å²) in [5.41, 5.74) is 1.17. The summed E-state index contributed by atoms with van der Waals surface area (Å²) in [7, 11) is 0. The molecular weight excluding hydrogens is 375 g/mol. The lowest BCUT2D eigenvalue weighted by Crippen LogP contribution is -2.14. The monoisotopic (exact) mass is 388 g/mol. The fourth-order valence-corrected chi connectivity index (χ4v) is 4.07. The highest BCUT2D eigenvalue weighted by molar-refractivity contribution is 7.21. The zero-order valence-electron chi connectivity index (χ0n) is 13.5. The molecule has 2 aromatic carbocycles. The normalized spacial score (nSPS) is 13.6. The third kappa shape index (κ3) is 3.43. The summed E-state index contributed by atoms with van der Waals surface area (Å²) in [5.74, 6) is -0.641. The van der Waals surface area contributed by atoms with Gasteiger partial charge < -0.3 is 10.6 Å². The van der Waals surface area contributed by atoms with E-state index < -0.39 is 0 Å². The first-order valence-electron chi connectivity index (χ1n) is 8.11. The first-order chi connectivity index (χ1) is 12.5. The minimum Gasteiger partial charge on any atom is -0.326 e. The van der Waals surface area contributed by atoms with Gasteiger partial charge in [0.2, 0.25) is 5.91 Å². The van der Waals surface area contributed by atoms with Crippen molar-refractivity contribution in [3.8, 4) is 0 Å². The average molecular weight is 389 g/mol. The molecule has 0 aliphatic heterocycles. The smallest absolute Gasteiger partial charge is 0.267 e. The lowest BCUT2D eigenvalue weighted by Gasteiger charge is -2.08. The predicted molar refractivity (Wildman–Crippen MR) is 103 cm³/mol. The molecule has 2 amide bonds. The Balaban J connectivity index is 1.54. The summed E-state index contributed by atoms with van der Waals surface area (Å²) in [6.07, 6.45) is 1.85. The Labute approximate surface area is 158 Å². The second-order valence-corrected chi connectivity index (χ2v) is 7.61. The second kappa shape index (κ2) is 6.70. The van der Waals surface area contributed by atoms with Crippen molar-refractivity contribution < 1.29 is 14.0 Å². The first kappa shape index (κ1) is 17.0. The van der Waals surface area contributed by atoms with Crippen molar-refractivity contribution in [2.45, 2.75) is 12.8 Å². The average Bonchev–Trinajstić information content (AvgIpc) is 3.40. The Bertz CT molecular complexity index is 1030. The fraction of sp³-hybridized carbons (Fsp3) is 0.158. The van der Waals surface area contributed by atoms with Crippen LogP contribution in [0.2, 0.25) is 5.02 Å². The molecule has 1 aliphatic rings. The molecule has 132 valence electrons. The van der Waals surface area contributed by atoms with Gasteiger partial charge in [0.05, 0.1) is 5.02 Å². The topological polar surface area (TPSA) is 58.2 Å². The van der Waals surface area contributed by atoms with Gasteiger partial charge in [-0.3, -0.25) is 9.59 Å². The Hall–Kier alpha value is -2.44. The van der Waals surface area contributed by atoms with Crippen LogP contribution in [0.3, 0.4) is 0 Å². The molecule has 0 radical (unpaired) electrons.